The van der Waals surface area contributed by atoms with Crippen molar-refractivity contribution in [3.8, 4) is 16.3 Å². The van der Waals surface area contributed by atoms with E-state index in [2.05, 4.69) is 9.72 Å². The Morgan fingerprint density at radius 1 is 1.40 bits per heavy atom. The lowest BCUT2D eigenvalue weighted by Gasteiger charge is -1.99. The summed E-state index contributed by atoms with van der Waals surface area (Å²) in [4.78, 5) is 24.1. The van der Waals surface area contributed by atoms with Gasteiger partial charge in [-0.25, -0.2) is 4.98 Å². The predicted octanol–water partition coefficient (Wildman–Crippen LogP) is 2.82. The Morgan fingerprint density at radius 3 is 2.60 bits per heavy atom. The first-order valence-corrected chi connectivity index (χ1v) is 6.76. The summed E-state index contributed by atoms with van der Waals surface area (Å²) in [5, 5.41) is 12.1. The Kier molecular flexibility index (Phi) is 6.39. The van der Waals surface area contributed by atoms with E-state index >= 15 is 0 Å². The molecule has 0 atom stereocenters. The highest BCUT2D eigenvalue weighted by molar-refractivity contribution is 7.13. The normalized spacial score (nSPS) is 9.30. The van der Waals surface area contributed by atoms with E-state index in [1.54, 1.807) is 19.1 Å². The Balaban J connectivity index is 0.000000347. The van der Waals surface area contributed by atoms with E-state index in [4.69, 9.17) is 0 Å². The van der Waals surface area contributed by atoms with Gasteiger partial charge in [-0.2, -0.15) is 0 Å². The molecule has 0 bridgehead atoms. The molecule has 0 aliphatic rings. The number of aryl methyl sites for hydroxylation is 1. The fourth-order valence-corrected chi connectivity index (χ4v) is 2.13. The third kappa shape index (κ3) is 4.47. The molecule has 1 aromatic carbocycles. The molecule has 0 fully saturated rings. The Bertz CT molecular complexity index is 580. The number of thiazole rings is 1. The topological polar surface area (TPSA) is 76.5 Å². The van der Waals surface area contributed by atoms with Gasteiger partial charge in [0.15, 0.2) is 6.29 Å². The zero-order valence-corrected chi connectivity index (χ0v) is 12.0. The first kappa shape index (κ1) is 15.8. The van der Waals surface area contributed by atoms with Gasteiger partial charge in [0.1, 0.15) is 10.8 Å². The van der Waals surface area contributed by atoms with Gasteiger partial charge in [0.2, 0.25) is 0 Å². The number of carbonyl (C=O) groups excluding carboxylic acids is 2. The van der Waals surface area contributed by atoms with Crippen molar-refractivity contribution in [2.45, 2.75) is 13.8 Å². The van der Waals surface area contributed by atoms with Crippen LogP contribution in [-0.2, 0) is 9.53 Å². The van der Waals surface area contributed by atoms with Gasteiger partial charge in [0, 0.05) is 16.6 Å². The van der Waals surface area contributed by atoms with E-state index in [9.17, 15) is 14.7 Å². The lowest BCUT2D eigenvalue weighted by molar-refractivity contribution is -0.128. The molecule has 1 heterocycles. The van der Waals surface area contributed by atoms with Crippen molar-refractivity contribution in [1.82, 2.24) is 4.98 Å². The highest BCUT2D eigenvalue weighted by Crippen LogP contribution is 2.27. The van der Waals surface area contributed by atoms with Crippen LogP contribution in [0.2, 0.25) is 0 Å². The van der Waals surface area contributed by atoms with Crippen LogP contribution in [0.5, 0.6) is 5.75 Å². The zero-order chi connectivity index (χ0) is 15.0. The van der Waals surface area contributed by atoms with Gasteiger partial charge in [0.05, 0.1) is 12.2 Å². The molecule has 0 unspecified atom stereocenters. The van der Waals surface area contributed by atoms with E-state index in [0.717, 1.165) is 16.3 Å². The van der Waals surface area contributed by atoms with E-state index < -0.39 is 0 Å². The number of phenolic OH excluding ortho intramolecular Hbond substituents is 1. The molecule has 1 aromatic heterocycles. The van der Waals surface area contributed by atoms with Gasteiger partial charge in [0.25, 0.3) is 6.47 Å². The van der Waals surface area contributed by atoms with Crippen LogP contribution in [0.15, 0.2) is 23.6 Å². The molecule has 1 N–H and O–H groups in total. The Hall–Kier alpha value is -2.21. The number of aromatic hydroxyl groups is 1. The van der Waals surface area contributed by atoms with Crippen LogP contribution in [0.4, 0.5) is 0 Å². The van der Waals surface area contributed by atoms with Gasteiger partial charge in [-0.05, 0) is 32.0 Å². The molecule has 20 heavy (non-hydrogen) atoms. The second-order valence-corrected chi connectivity index (χ2v) is 4.60. The monoisotopic (exact) mass is 293 g/mol. The average Bonchev–Trinajstić information content (AvgIpc) is 2.87. The van der Waals surface area contributed by atoms with Gasteiger partial charge < -0.3 is 9.84 Å². The summed E-state index contributed by atoms with van der Waals surface area (Å²) < 4.78 is 4.15. The van der Waals surface area contributed by atoms with Crippen molar-refractivity contribution >= 4 is 24.1 Å². The smallest absolute Gasteiger partial charge is 0.293 e. The molecule has 2 rings (SSSR count). The Labute approximate surface area is 120 Å². The summed E-state index contributed by atoms with van der Waals surface area (Å²) in [6, 6.07) is 4.90. The molecule has 0 saturated carbocycles. The molecule has 6 heteroatoms. The number of carbonyl (C=O) groups is 2. The molecule has 0 amide bonds. The van der Waals surface area contributed by atoms with Crippen LogP contribution in [0.1, 0.15) is 23.0 Å². The minimum absolute atomic E-state index is 0.00188. The third-order valence-corrected chi connectivity index (χ3v) is 3.26. The van der Waals surface area contributed by atoms with Crippen molar-refractivity contribution in [2.24, 2.45) is 0 Å². The molecular formula is C14H15NO4S. The maximum atomic E-state index is 10.6. The van der Waals surface area contributed by atoms with Crippen LogP contribution in [0.3, 0.4) is 0 Å². The zero-order valence-electron chi connectivity index (χ0n) is 11.2. The standard InChI is InChI=1S/C11H9NO2S.C3H6O2/c1-7-6-15-11(12-7)8-2-3-10(14)9(4-8)5-13;1-2-5-3-4/h2-6,14H,1H3;3H,2H2,1H3. The van der Waals surface area contributed by atoms with Crippen LogP contribution >= 0.6 is 11.3 Å². The first-order valence-electron chi connectivity index (χ1n) is 5.88. The summed E-state index contributed by atoms with van der Waals surface area (Å²) in [5.74, 6) is 0.00188. The number of aromatic nitrogens is 1. The number of rotatable bonds is 4. The van der Waals surface area contributed by atoms with Gasteiger partial charge in [-0.3, -0.25) is 9.59 Å². The predicted molar refractivity (Wildman–Crippen MR) is 77.0 cm³/mol. The van der Waals surface area contributed by atoms with Gasteiger partial charge in [-0.1, -0.05) is 0 Å². The van der Waals surface area contributed by atoms with E-state index in [1.165, 1.54) is 17.4 Å². The van der Waals surface area contributed by atoms with E-state index in [0.29, 0.717) is 24.9 Å². The molecular weight excluding hydrogens is 278 g/mol. The summed E-state index contributed by atoms with van der Waals surface area (Å²) in [6.45, 7) is 4.58. The number of hydrogen-bond acceptors (Lipinski definition) is 6. The second kappa shape index (κ2) is 8.06. The molecule has 5 nitrogen and oxygen atoms in total. The molecule has 106 valence electrons. The number of aldehydes is 1. The number of nitrogens with zero attached hydrogens (tertiary/aromatic N) is 1. The highest BCUT2D eigenvalue weighted by atomic mass is 32.1. The maximum absolute atomic E-state index is 10.6. The number of ether oxygens (including phenoxy) is 1. The van der Waals surface area contributed by atoms with Crippen LogP contribution in [0, 0.1) is 6.92 Å². The number of benzene rings is 1. The molecule has 0 spiro atoms. The fraction of sp³-hybridized carbons (Fsp3) is 0.214. The number of hydrogen-bond donors (Lipinski definition) is 1. The summed E-state index contributed by atoms with van der Waals surface area (Å²) in [6.07, 6.45) is 0.638. The van der Waals surface area contributed by atoms with Gasteiger partial charge >= 0.3 is 0 Å². The van der Waals surface area contributed by atoms with Crippen molar-refractivity contribution in [1.29, 1.82) is 0 Å². The summed E-state index contributed by atoms with van der Waals surface area (Å²) in [5.41, 5.74) is 2.10. The Morgan fingerprint density at radius 2 is 2.15 bits per heavy atom. The fourth-order valence-electron chi connectivity index (χ4n) is 1.34. The highest BCUT2D eigenvalue weighted by Gasteiger charge is 2.06. The van der Waals surface area contributed by atoms with Crippen molar-refractivity contribution < 1.29 is 19.4 Å². The average molecular weight is 293 g/mol. The summed E-state index contributed by atoms with van der Waals surface area (Å²) in [7, 11) is 0. The quantitative estimate of drug-likeness (QED) is 0.877. The SMILES string of the molecule is CCOC=O.Cc1csc(-c2ccc(O)c(C=O)c2)n1. The minimum atomic E-state index is 0.00188. The van der Waals surface area contributed by atoms with Crippen LogP contribution in [0.25, 0.3) is 10.6 Å². The van der Waals surface area contributed by atoms with Crippen LogP contribution in [-0.4, -0.2) is 29.5 Å². The molecule has 0 saturated heterocycles. The van der Waals surface area contributed by atoms with Crippen molar-refractivity contribution in [3.05, 3.63) is 34.8 Å². The van der Waals surface area contributed by atoms with E-state index in [1.807, 2.05) is 12.3 Å². The van der Waals surface area contributed by atoms with Crippen LogP contribution < -0.4 is 0 Å². The lowest BCUT2D eigenvalue weighted by atomic mass is 10.1. The summed E-state index contributed by atoms with van der Waals surface area (Å²) >= 11 is 1.52. The molecule has 0 aliphatic heterocycles. The second-order valence-electron chi connectivity index (χ2n) is 3.74. The first-order chi connectivity index (χ1) is 9.62. The molecule has 0 radical (unpaired) electrons. The lowest BCUT2D eigenvalue weighted by Crippen LogP contribution is -1.83. The molecule has 0 aliphatic carbocycles. The largest absolute Gasteiger partial charge is 0.507 e. The van der Waals surface area contributed by atoms with Gasteiger partial charge in [-0.15, -0.1) is 11.3 Å². The number of phenols is 1. The van der Waals surface area contributed by atoms with Crippen molar-refractivity contribution in [3.63, 3.8) is 0 Å². The minimum Gasteiger partial charge on any atom is -0.507 e. The van der Waals surface area contributed by atoms with E-state index in [-0.39, 0.29) is 5.75 Å². The maximum Gasteiger partial charge on any atom is 0.293 e. The van der Waals surface area contributed by atoms with Crippen molar-refractivity contribution in [2.75, 3.05) is 6.61 Å². The molecule has 2 aromatic rings. The third-order valence-electron chi connectivity index (χ3n) is 2.26.